The van der Waals surface area contributed by atoms with Crippen molar-refractivity contribution in [2.45, 2.75) is 20.4 Å². The summed E-state index contributed by atoms with van der Waals surface area (Å²) in [6.45, 7) is 8.24. The predicted octanol–water partition coefficient (Wildman–Crippen LogP) is 2.46. The van der Waals surface area contributed by atoms with Crippen LogP contribution in [0.3, 0.4) is 0 Å². The Labute approximate surface area is 101 Å². The third-order valence-corrected chi connectivity index (χ3v) is 3.15. The smallest absolute Gasteiger partial charge is 0.0207 e. The Bertz CT molecular complexity index is 300. The first-order valence-electron chi connectivity index (χ1n) is 5.40. The molecule has 0 atom stereocenters. The van der Waals surface area contributed by atoms with Gasteiger partial charge >= 0.3 is 0 Å². The summed E-state index contributed by atoms with van der Waals surface area (Å²) in [6.07, 6.45) is 0. The van der Waals surface area contributed by atoms with Crippen molar-refractivity contribution in [3.05, 3.63) is 33.8 Å². The standard InChI is InChI=1S/C12H19BrN2/c1-3-14-6-7-15-9-11-5-4-10(2)12(13)8-11/h4-5,8,14-15H,3,6-7,9H2,1-2H3. The summed E-state index contributed by atoms with van der Waals surface area (Å²) >= 11 is 3.54. The van der Waals surface area contributed by atoms with Crippen LogP contribution in [0, 0.1) is 6.92 Å². The summed E-state index contributed by atoms with van der Waals surface area (Å²) in [5, 5.41) is 6.68. The molecule has 15 heavy (non-hydrogen) atoms. The van der Waals surface area contributed by atoms with Gasteiger partial charge in [-0.25, -0.2) is 0 Å². The Kier molecular flexibility index (Phi) is 5.91. The largest absolute Gasteiger partial charge is 0.316 e. The highest BCUT2D eigenvalue weighted by Gasteiger charge is 1.96. The molecular formula is C12H19BrN2. The lowest BCUT2D eigenvalue weighted by atomic mass is 10.1. The SMILES string of the molecule is CCNCCNCc1ccc(C)c(Br)c1. The molecule has 0 saturated carbocycles. The van der Waals surface area contributed by atoms with Gasteiger partial charge in [0.15, 0.2) is 0 Å². The van der Waals surface area contributed by atoms with E-state index in [1.165, 1.54) is 15.6 Å². The van der Waals surface area contributed by atoms with Gasteiger partial charge in [-0.3, -0.25) is 0 Å². The van der Waals surface area contributed by atoms with Gasteiger partial charge < -0.3 is 10.6 Å². The lowest BCUT2D eigenvalue weighted by Gasteiger charge is -2.06. The van der Waals surface area contributed by atoms with Crippen LogP contribution in [0.1, 0.15) is 18.1 Å². The lowest BCUT2D eigenvalue weighted by Crippen LogP contribution is -2.26. The number of nitrogens with one attached hydrogen (secondary N) is 2. The van der Waals surface area contributed by atoms with Crippen LogP contribution in [0.5, 0.6) is 0 Å². The van der Waals surface area contributed by atoms with Gasteiger partial charge in [0.1, 0.15) is 0 Å². The van der Waals surface area contributed by atoms with Gasteiger partial charge in [-0.05, 0) is 30.7 Å². The van der Waals surface area contributed by atoms with Crippen molar-refractivity contribution in [2.75, 3.05) is 19.6 Å². The zero-order valence-corrected chi connectivity index (χ0v) is 11.0. The molecule has 84 valence electrons. The fourth-order valence-corrected chi connectivity index (χ4v) is 1.76. The first-order chi connectivity index (χ1) is 7.24. The lowest BCUT2D eigenvalue weighted by molar-refractivity contribution is 0.625. The van der Waals surface area contributed by atoms with Gasteiger partial charge in [-0.2, -0.15) is 0 Å². The molecule has 3 heteroatoms. The summed E-state index contributed by atoms with van der Waals surface area (Å²) in [7, 11) is 0. The molecule has 0 fully saturated rings. The molecule has 0 radical (unpaired) electrons. The Balaban J connectivity index is 2.28. The Morgan fingerprint density at radius 1 is 1.20 bits per heavy atom. The van der Waals surface area contributed by atoms with E-state index in [1.807, 2.05) is 0 Å². The highest BCUT2D eigenvalue weighted by atomic mass is 79.9. The molecule has 2 nitrogen and oxygen atoms in total. The molecule has 0 spiro atoms. The molecule has 0 aliphatic heterocycles. The molecule has 0 saturated heterocycles. The quantitative estimate of drug-likeness (QED) is 0.777. The molecule has 0 aliphatic rings. The maximum atomic E-state index is 3.54. The van der Waals surface area contributed by atoms with E-state index in [2.05, 4.69) is 58.6 Å². The van der Waals surface area contributed by atoms with Crippen LogP contribution in [-0.2, 0) is 6.54 Å². The van der Waals surface area contributed by atoms with Crippen molar-refractivity contribution in [1.29, 1.82) is 0 Å². The first-order valence-corrected chi connectivity index (χ1v) is 6.19. The van der Waals surface area contributed by atoms with Crippen molar-refractivity contribution >= 4 is 15.9 Å². The van der Waals surface area contributed by atoms with Crippen LogP contribution < -0.4 is 10.6 Å². The van der Waals surface area contributed by atoms with Crippen LogP contribution in [0.2, 0.25) is 0 Å². The number of hydrogen-bond acceptors (Lipinski definition) is 2. The molecular weight excluding hydrogens is 252 g/mol. The van der Waals surface area contributed by atoms with E-state index < -0.39 is 0 Å². The second-order valence-electron chi connectivity index (χ2n) is 3.61. The van der Waals surface area contributed by atoms with Crippen molar-refractivity contribution in [1.82, 2.24) is 10.6 Å². The van der Waals surface area contributed by atoms with Gasteiger partial charge in [-0.1, -0.05) is 35.0 Å². The number of benzene rings is 1. The zero-order chi connectivity index (χ0) is 11.1. The number of aryl methyl sites for hydroxylation is 1. The minimum Gasteiger partial charge on any atom is -0.316 e. The highest BCUT2D eigenvalue weighted by Crippen LogP contribution is 2.17. The number of hydrogen-bond donors (Lipinski definition) is 2. The zero-order valence-electron chi connectivity index (χ0n) is 9.44. The van der Waals surface area contributed by atoms with E-state index in [9.17, 15) is 0 Å². The highest BCUT2D eigenvalue weighted by molar-refractivity contribution is 9.10. The molecule has 0 heterocycles. The molecule has 1 rings (SSSR count). The van der Waals surface area contributed by atoms with Crippen LogP contribution >= 0.6 is 15.9 Å². The molecule has 0 amide bonds. The molecule has 1 aromatic carbocycles. The average Bonchev–Trinajstić information content (AvgIpc) is 2.23. The second kappa shape index (κ2) is 6.99. The summed E-state index contributed by atoms with van der Waals surface area (Å²) in [6, 6.07) is 6.49. The normalized spacial score (nSPS) is 10.6. The van der Waals surface area contributed by atoms with E-state index in [1.54, 1.807) is 0 Å². The third-order valence-electron chi connectivity index (χ3n) is 2.29. The van der Waals surface area contributed by atoms with Crippen LogP contribution in [0.25, 0.3) is 0 Å². The van der Waals surface area contributed by atoms with Gasteiger partial charge in [0, 0.05) is 24.1 Å². The van der Waals surface area contributed by atoms with Crippen LogP contribution in [0.15, 0.2) is 22.7 Å². The monoisotopic (exact) mass is 270 g/mol. The predicted molar refractivity (Wildman–Crippen MR) is 69.1 cm³/mol. The van der Waals surface area contributed by atoms with Crippen molar-refractivity contribution in [3.8, 4) is 0 Å². The average molecular weight is 271 g/mol. The van der Waals surface area contributed by atoms with E-state index in [0.717, 1.165) is 26.2 Å². The fraction of sp³-hybridized carbons (Fsp3) is 0.500. The molecule has 0 unspecified atom stereocenters. The number of likely N-dealkylation sites (N-methyl/N-ethyl adjacent to an activating group) is 1. The minimum atomic E-state index is 0.935. The summed E-state index contributed by atoms with van der Waals surface area (Å²) in [5.74, 6) is 0. The van der Waals surface area contributed by atoms with Crippen molar-refractivity contribution in [2.24, 2.45) is 0 Å². The Morgan fingerprint density at radius 3 is 2.60 bits per heavy atom. The third kappa shape index (κ3) is 4.78. The maximum absolute atomic E-state index is 3.54. The van der Waals surface area contributed by atoms with Crippen LogP contribution in [-0.4, -0.2) is 19.6 Å². The molecule has 0 aromatic heterocycles. The Hall–Kier alpha value is -0.380. The topological polar surface area (TPSA) is 24.1 Å². The van der Waals surface area contributed by atoms with Crippen molar-refractivity contribution < 1.29 is 0 Å². The van der Waals surface area contributed by atoms with Gasteiger partial charge in [-0.15, -0.1) is 0 Å². The summed E-state index contributed by atoms with van der Waals surface area (Å²) in [5.41, 5.74) is 2.61. The Morgan fingerprint density at radius 2 is 1.93 bits per heavy atom. The van der Waals surface area contributed by atoms with Gasteiger partial charge in [0.25, 0.3) is 0 Å². The minimum absolute atomic E-state index is 0.935. The first kappa shape index (κ1) is 12.7. The number of halogens is 1. The molecule has 0 aliphatic carbocycles. The second-order valence-corrected chi connectivity index (χ2v) is 4.47. The number of rotatable bonds is 6. The molecule has 1 aromatic rings. The van der Waals surface area contributed by atoms with E-state index in [4.69, 9.17) is 0 Å². The maximum Gasteiger partial charge on any atom is 0.0207 e. The molecule has 0 bridgehead atoms. The summed E-state index contributed by atoms with van der Waals surface area (Å²) in [4.78, 5) is 0. The van der Waals surface area contributed by atoms with E-state index in [-0.39, 0.29) is 0 Å². The van der Waals surface area contributed by atoms with E-state index >= 15 is 0 Å². The van der Waals surface area contributed by atoms with E-state index in [0.29, 0.717) is 0 Å². The van der Waals surface area contributed by atoms with Gasteiger partial charge in [0.05, 0.1) is 0 Å². The summed E-state index contributed by atoms with van der Waals surface area (Å²) < 4.78 is 1.19. The van der Waals surface area contributed by atoms with Gasteiger partial charge in [0.2, 0.25) is 0 Å². The van der Waals surface area contributed by atoms with Crippen LogP contribution in [0.4, 0.5) is 0 Å². The van der Waals surface area contributed by atoms with Crippen molar-refractivity contribution in [3.63, 3.8) is 0 Å². The molecule has 2 N–H and O–H groups in total. The fourth-order valence-electron chi connectivity index (χ4n) is 1.33.